The zero-order chi connectivity index (χ0) is 8.36. The van der Waals surface area contributed by atoms with Crippen molar-refractivity contribution in [1.82, 2.24) is 0 Å². The highest BCUT2D eigenvalue weighted by Gasteiger charge is 2.15. The highest BCUT2D eigenvalue weighted by Crippen LogP contribution is 2.22. The van der Waals surface area contributed by atoms with E-state index in [4.69, 9.17) is 0 Å². The standard InChI is InChI=1S/C8H13BrO/c1-6(2)5-7(9)8(3,4)10/h5,10H,1H2,2-4H3/b7-5+. The molecule has 0 rings (SSSR count). The monoisotopic (exact) mass is 204 g/mol. The fourth-order valence-electron chi connectivity index (χ4n) is 0.393. The van der Waals surface area contributed by atoms with E-state index >= 15 is 0 Å². The normalized spacial score (nSPS) is 13.5. The van der Waals surface area contributed by atoms with Crippen molar-refractivity contribution in [3.8, 4) is 0 Å². The summed E-state index contributed by atoms with van der Waals surface area (Å²) in [5, 5.41) is 9.38. The van der Waals surface area contributed by atoms with Gasteiger partial charge in [-0.1, -0.05) is 28.1 Å². The first kappa shape index (κ1) is 9.92. The second kappa shape index (κ2) is 3.35. The number of hydrogen-bond acceptors (Lipinski definition) is 1. The Morgan fingerprint density at radius 1 is 1.60 bits per heavy atom. The van der Waals surface area contributed by atoms with Crippen LogP contribution in [0.1, 0.15) is 20.8 Å². The summed E-state index contributed by atoms with van der Waals surface area (Å²) in [6, 6.07) is 0. The lowest BCUT2D eigenvalue weighted by Crippen LogP contribution is -2.18. The number of aliphatic hydroxyl groups is 1. The Balaban J connectivity index is 4.35. The molecule has 0 aliphatic heterocycles. The van der Waals surface area contributed by atoms with Gasteiger partial charge in [-0.2, -0.15) is 0 Å². The predicted molar refractivity (Wildman–Crippen MR) is 48.1 cm³/mol. The van der Waals surface area contributed by atoms with Crippen molar-refractivity contribution >= 4 is 15.9 Å². The summed E-state index contributed by atoms with van der Waals surface area (Å²) in [6.07, 6.45) is 1.81. The second-order valence-electron chi connectivity index (χ2n) is 2.90. The van der Waals surface area contributed by atoms with E-state index < -0.39 is 5.60 Å². The molecule has 0 aliphatic rings. The summed E-state index contributed by atoms with van der Waals surface area (Å²) in [4.78, 5) is 0. The molecule has 1 N–H and O–H groups in total. The van der Waals surface area contributed by atoms with E-state index in [1.165, 1.54) is 0 Å². The molecule has 0 unspecified atom stereocenters. The molecule has 0 fully saturated rings. The predicted octanol–water partition coefficient (Wildman–Crippen LogP) is 2.61. The van der Waals surface area contributed by atoms with E-state index in [0.717, 1.165) is 10.1 Å². The minimum absolute atomic E-state index is 0.757. The first-order chi connectivity index (χ1) is 4.34. The molecule has 0 bridgehead atoms. The van der Waals surface area contributed by atoms with Crippen LogP contribution in [0.5, 0.6) is 0 Å². The van der Waals surface area contributed by atoms with Gasteiger partial charge in [0.1, 0.15) is 0 Å². The molecular weight excluding hydrogens is 192 g/mol. The van der Waals surface area contributed by atoms with Crippen LogP contribution in [0.4, 0.5) is 0 Å². The molecule has 0 saturated carbocycles. The lowest BCUT2D eigenvalue weighted by Gasteiger charge is -2.16. The zero-order valence-corrected chi connectivity index (χ0v) is 8.20. The molecule has 0 heterocycles. The van der Waals surface area contributed by atoms with Gasteiger partial charge in [-0.25, -0.2) is 0 Å². The number of rotatable bonds is 2. The van der Waals surface area contributed by atoms with Crippen LogP contribution in [0, 0.1) is 0 Å². The SMILES string of the molecule is C=C(C)/C=C(/Br)C(C)(C)O. The van der Waals surface area contributed by atoms with Crippen LogP contribution in [-0.4, -0.2) is 10.7 Å². The summed E-state index contributed by atoms with van der Waals surface area (Å²) in [7, 11) is 0. The maximum atomic E-state index is 9.38. The maximum absolute atomic E-state index is 9.38. The molecule has 10 heavy (non-hydrogen) atoms. The van der Waals surface area contributed by atoms with Gasteiger partial charge in [-0.3, -0.25) is 0 Å². The van der Waals surface area contributed by atoms with Crippen LogP contribution in [0.15, 0.2) is 22.7 Å². The molecular formula is C8H13BrO. The maximum Gasteiger partial charge on any atom is 0.0904 e. The van der Waals surface area contributed by atoms with Gasteiger partial charge in [0.05, 0.1) is 5.60 Å². The molecule has 0 radical (unpaired) electrons. The minimum Gasteiger partial charge on any atom is -0.385 e. The zero-order valence-electron chi connectivity index (χ0n) is 6.61. The van der Waals surface area contributed by atoms with Crippen LogP contribution < -0.4 is 0 Å². The van der Waals surface area contributed by atoms with Crippen molar-refractivity contribution < 1.29 is 5.11 Å². The van der Waals surface area contributed by atoms with Crippen LogP contribution >= 0.6 is 15.9 Å². The van der Waals surface area contributed by atoms with Crippen molar-refractivity contribution in [1.29, 1.82) is 0 Å². The molecule has 0 spiro atoms. The lowest BCUT2D eigenvalue weighted by molar-refractivity contribution is 0.130. The molecule has 2 heteroatoms. The Morgan fingerprint density at radius 2 is 2.00 bits per heavy atom. The van der Waals surface area contributed by atoms with Crippen LogP contribution in [0.2, 0.25) is 0 Å². The third-order valence-corrected chi connectivity index (χ3v) is 2.16. The first-order valence-electron chi connectivity index (χ1n) is 3.09. The number of hydrogen-bond donors (Lipinski definition) is 1. The average molecular weight is 205 g/mol. The summed E-state index contributed by atoms with van der Waals surface area (Å²) in [5.41, 5.74) is 0.132. The lowest BCUT2D eigenvalue weighted by atomic mass is 10.1. The Kier molecular flexibility index (Phi) is 3.33. The van der Waals surface area contributed by atoms with Crippen molar-refractivity contribution in [2.45, 2.75) is 26.4 Å². The Hall–Kier alpha value is -0.0800. The average Bonchev–Trinajstić information content (AvgIpc) is 1.60. The van der Waals surface area contributed by atoms with E-state index in [1.807, 2.05) is 6.92 Å². The molecule has 58 valence electrons. The van der Waals surface area contributed by atoms with Crippen LogP contribution in [0.25, 0.3) is 0 Å². The summed E-state index contributed by atoms with van der Waals surface area (Å²) in [5.74, 6) is 0. The van der Waals surface area contributed by atoms with Crippen molar-refractivity contribution in [3.05, 3.63) is 22.7 Å². The number of allylic oxidation sites excluding steroid dienone is 2. The molecule has 0 aromatic rings. The third kappa shape index (κ3) is 3.85. The Morgan fingerprint density at radius 3 is 2.10 bits per heavy atom. The minimum atomic E-state index is -0.793. The van der Waals surface area contributed by atoms with E-state index in [1.54, 1.807) is 19.9 Å². The van der Waals surface area contributed by atoms with E-state index in [0.29, 0.717) is 0 Å². The van der Waals surface area contributed by atoms with Gasteiger partial charge in [0.15, 0.2) is 0 Å². The van der Waals surface area contributed by atoms with Crippen molar-refractivity contribution in [3.63, 3.8) is 0 Å². The second-order valence-corrected chi connectivity index (χ2v) is 3.75. The molecule has 0 saturated heterocycles. The van der Waals surface area contributed by atoms with Crippen molar-refractivity contribution in [2.24, 2.45) is 0 Å². The molecule has 0 amide bonds. The van der Waals surface area contributed by atoms with Gasteiger partial charge in [-0.05, 0) is 26.8 Å². The van der Waals surface area contributed by atoms with E-state index in [9.17, 15) is 5.11 Å². The van der Waals surface area contributed by atoms with Gasteiger partial charge < -0.3 is 5.11 Å². The summed E-state index contributed by atoms with van der Waals surface area (Å²) in [6.45, 7) is 9.01. The molecule has 1 nitrogen and oxygen atoms in total. The van der Waals surface area contributed by atoms with E-state index in [-0.39, 0.29) is 0 Å². The van der Waals surface area contributed by atoms with Crippen LogP contribution in [-0.2, 0) is 0 Å². The quantitative estimate of drug-likeness (QED) is 0.687. The molecule has 0 atom stereocenters. The summed E-state index contributed by atoms with van der Waals surface area (Å²) < 4.78 is 0.757. The van der Waals surface area contributed by atoms with Gasteiger partial charge in [0.25, 0.3) is 0 Å². The van der Waals surface area contributed by atoms with E-state index in [2.05, 4.69) is 22.5 Å². The first-order valence-corrected chi connectivity index (χ1v) is 3.89. The van der Waals surface area contributed by atoms with Gasteiger partial charge >= 0.3 is 0 Å². The van der Waals surface area contributed by atoms with Gasteiger partial charge in [0, 0.05) is 4.48 Å². The van der Waals surface area contributed by atoms with Gasteiger partial charge in [0.2, 0.25) is 0 Å². The fourth-order valence-corrected chi connectivity index (χ4v) is 0.784. The Bertz CT molecular complexity index is 163. The van der Waals surface area contributed by atoms with Crippen molar-refractivity contribution in [2.75, 3.05) is 0 Å². The topological polar surface area (TPSA) is 20.2 Å². The third-order valence-electron chi connectivity index (χ3n) is 0.958. The highest BCUT2D eigenvalue weighted by atomic mass is 79.9. The fraction of sp³-hybridized carbons (Fsp3) is 0.500. The van der Waals surface area contributed by atoms with Gasteiger partial charge in [-0.15, -0.1) is 0 Å². The van der Waals surface area contributed by atoms with Crippen LogP contribution in [0.3, 0.4) is 0 Å². The Labute approximate surface area is 70.6 Å². The molecule has 0 aliphatic carbocycles. The summed E-state index contributed by atoms with van der Waals surface area (Å²) >= 11 is 3.25. The highest BCUT2D eigenvalue weighted by molar-refractivity contribution is 9.11. The smallest absolute Gasteiger partial charge is 0.0904 e. The number of halogens is 1. The molecule has 0 aromatic carbocycles. The molecule has 0 aromatic heterocycles. The largest absolute Gasteiger partial charge is 0.385 e.